The quantitative estimate of drug-likeness (QED) is 0.152. The van der Waals surface area contributed by atoms with E-state index in [4.69, 9.17) is 18.9 Å². The van der Waals surface area contributed by atoms with E-state index in [0.29, 0.717) is 61.9 Å². The van der Waals surface area contributed by atoms with Crippen molar-refractivity contribution in [3.05, 3.63) is 68.4 Å². The number of aliphatic hydroxyl groups is 2. The number of ketones is 2. The van der Waals surface area contributed by atoms with Gasteiger partial charge in [0, 0.05) is 54.5 Å². The van der Waals surface area contributed by atoms with Gasteiger partial charge in [-0.05, 0) is 134 Å². The fourth-order valence-corrected chi connectivity index (χ4v) is 16.7. The lowest BCUT2D eigenvalue weighted by Crippen LogP contribution is -2.76. The van der Waals surface area contributed by atoms with Crippen molar-refractivity contribution < 1.29 is 48.3 Å². The number of piperidine rings is 2. The number of carbonyl (C=O) groups is 4. The van der Waals surface area contributed by atoms with Gasteiger partial charge in [-0.2, -0.15) is 0 Å². The summed E-state index contributed by atoms with van der Waals surface area (Å²) in [5.74, 6) is 1.71. The lowest BCUT2D eigenvalue weighted by atomic mass is 9.49. The number of hydrogen-bond acceptors (Lipinski definition) is 14. The van der Waals surface area contributed by atoms with Gasteiger partial charge in [0.05, 0.1) is 38.9 Å². The molecule has 64 heavy (non-hydrogen) atoms. The molecule has 2 aromatic heterocycles. The van der Waals surface area contributed by atoms with Crippen molar-refractivity contribution in [3.8, 4) is 23.0 Å². The molecule has 2 aromatic carbocycles. The van der Waals surface area contributed by atoms with E-state index in [2.05, 4.69) is 9.80 Å². The second-order valence-corrected chi connectivity index (χ2v) is 22.9. The van der Waals surface area contributed by atoms with Gasteiger partial charge in [0.1, 0.15) is 0 Å². The summed E-state index contributed by atoms with van der Waals surface area (Å²) in [5, 5.41) is 30.0. The highest BCUT2D eigenvalue weighted by atomic mass is 32.2. The summed E-state index contributed by atoms with van der Waals surface area (Å²) in [4.78, 5) is 59.9. The normalized spacial score (nSPS) is 35.2. The second-order valence-electron chi connectivity index (χ2n) is 20.9. The van der Waals surface area contributed by atoms with Crippen LogP contribution >= 0.6 is 22.7 Å². The van der Waals surface area contributed by atoms with Crippen molar-refractivity contribution in [1.29, 1.82) is 0 Å². The number of Topliss-reactive ketones (excluding diaryl/α,β-unsaturated/α-hetero) is 2. The van der Waals surface area contributed by atoms with Gasteiger partial charge in [-0.3, -0.25) is 29.0 Å². The summed E-state index contributed by atoms with van der Waals surface area (Å²) in [7, 11) is 0. The molecule has 2 spiro atoms. The van der Waals surface area contributed by atoms with Gasteiger partial charge in [-0.25, -0.2) is 0 Å². The third-order valence-corrected chi connectivity index (χ3v) is 19.9. The molecule has 332 valence electrons. The third-order valence-electron chi connectivity index (χ3n) is 17.7. The molecule has 4 bridgehead atoms. The lowest BCUT2D eigenvalue weighted by molar-refractivity contribution is -0.188. The molecule has 0 radical (unpaired) electrons. The number of carbonyl (C=O) groups excluding carboxylic acids is 4. The number of thiophene rings is 2. The van der Waals surface area contributed by atoms with Crippen LogP contribution in [-0.4, -0.2) is 105 Å². The topological polar surface area (TPSA) is 152 Å². The molecule has 4 aliphatic heterocycles. The molecule has 2 saturated heterocycles. The second kappa shape index (κ2) is 13.3. The lowest BCUT2D eigenvalue weighted by Gasteiger charge is -2.62. The summed E-state index contributed by atoms with van der Waals surface area (Å²) >= 11 is 3.02. The molecule has 6 fully saturated rings. The number of esters is 2. The van der Waals surface area contributed by atoms with Crippen LogP contribution in [0.4, 0.5) is 0 Å². The van der Waals surface area contributed by atoms with E-state index < -0.39 is 46.2 Å². The Labute approximate surface area is 377 Å². The number of rotatable bonds is 10. The van der Waals surface area contributed by atoms with Crippen molar-refractivity contribution in [3.63, 3.8) is 0 Å². The summed E-state index contributed by atoms with van der Waals surface area (Å²) in [6.07, 6.45) is 7.07. The zero-order chi connectivity index (χ0) is 43.1. The first kappa shape index (κ1) is 39.0. The van der Waals surface area contributed by atoms with Crippen LogP contribution in [0.25, 0.3) is 9.40 Å². The molecule has 14 rings (SSSR count). The van der Waals surface area contributed by atoms with E-state index in [1.54, 1.807) is 12.1 Å². The van der Waals surface area contributed by atoms with Gasteiger partial charge in [0.25, 0.3) is 0 Å². The first-order valence-electron chi connectivity index (χ1n) is 23.5. The Hall–Kier alpha value is -4.18. The highest BCUT2D eigenvalue weighted by Gasteiger charge is 2.75. The molecular formula is C50H50N2O10S2. The maximum Gasteiger partial charge on any atom is 0.315 e. The molecule has 2 N–H and O–H groups in total. The Morgan fingerprint density at radius 2 is 1.12 bits per heavy atom. The van der Waals surface area contributed by atoms with E-state index in [1.807, 2.05) is 22.9 Å². The summed E-state index contributed by atoms with van der Waals surface area (Å²) in [6, 6.07) is 7.37. The van der Waals surface area contributed by atoms with Crippen molar-refractivity contribution >= 4 is 55.6 Å². The van der Waals surface area contributed by atoms with E-state index in [0.717, 1.165) is 69.0 Å². The van der Waals surface area contributed by atoms with Gasteiger partial charge in [0.2, 0.25) is 0 Å². The molecule has 4 aromatic rings. The average molecular weight is 903 g/mol. The van der Waals surface area contributed by atoms with E-state index in [9.17, 15) is 29.4 Å². The Kier molecular flexibility index (Phi) is 8.08. The molecule has 14 heteroatoms. The molecular weight excluding hydrogens is 853 g/mol. The molecule has 8 atom stereocenters. The number of fused-ring (bicyclic) bond motifs is 1. The Morgan fingerprint density at radius 1 is 0.672 bits per heavy atom. The van der Waals surface area contributed by atoms with E-state index >= 15 is 0 Å². The van der Waals surface area contributed by atoms with Crippen LogP contribution in [0, 0.1) is 11.8 Å². The van der Waals surface area contributed by atoms with Gasteiger partial charge < -0.3 is 29.2 Å². The minimum atomic E-state index is -1.11. The predicted octanol–water partition coefficient (Wildman–Crippen LogP) is 5.53. The van der Waals surface area contributed by atoms with Crippen molar-refractivity contribution in [1.82, 2.24) is 9.80 Å². The smallest absolute Gasteiger partial charge is 0.315 e. The number of hydrogen-bond donors (Lipinski definition) is 2. The highest BCUT2D eigenvalue weighted by Crippen LogP contribution is 2.67. The zero-order valence-corrected chi connectivity index (χ0v) is 37.2. The highest BCUT2D eigenvalue weighted by molar-refractivity contribution is 7.37. The SMILES string of the molecule is O=C(Cc1csc2scc(CC(=O)Oc3ccc4c5c3O[C@H]3C(=O)CC[C@@]6(O)[C@@H](C4)N(CC4CC4)CC[C@]536)c12)Oc1ccc2c3c1O[C@H]1C(=O)CC[C@@]4(O)[C@@H](C2)N(CC2CC2)CCC314. The van der Waals surface area contributed by atoms with Gasteiger partial charge in [-0.1, -0.05) is 12.1 Å². The molecule has 0 amide bonds. The minimum Gasteiger partial charge on any atom is -0.477 e. The maximum absolute atomic E-state index is 13.9. The van der Waals surface area contributed by atoms with Crippen molar-refractivity contribution in [2.24, 2.45) is 11.8 Å². The fourth-order valence-electron chi connectivity index (χ4n) is 14.5. The molecule has 1 unspecified atom stereocenters. The maximum atomic E-state index is 13.9. The first-order chi connectivity index (χ1) is 31.0. The number of likely N-dealkylation sites (tertiary alicyclic amines) is 2. The standard InChI is InChI=1S/C50H50N2O10S2/c53-31-9-11-49(57)35-17-27-5-7-33(42-40(27)47(49,44(31)61-42)13-15-51(35)21-25-1-2-25)59-37(55)19-29-23-63-46-39(29)30(24-64-46)20-38(56)60-34-8-6-28-18-36-50(58)12-10-32(54)45-48(50,41(28)43(34)62-45)14-16-52(36)22-26-3-4-26/h5-8,23-26,35-36,44-45,57-58H,1-4,9-22H2/t35-,36-,44+,45+,47+,48?,49-,50-/m1/s1. The molecule has 4 saturated carbocycles. The minimum absolute atomic E-state index is 0.00879. The van der Waals surface area contributed by atoms with Crippen LogP contribution in [0.2, 0.25) is 0 Å². The van der Waals surface area contributed by atoms with E-state index in [1.165, 1.54) is 48.4 Å². The number of ether oxygens (including phenoxy) is 4. The fraction of sp³-hybridized carbons (Fsp3) is 0.560. The molecule has 12 nitrogen and oxygen atoms in total. The van der Waals surface area contributed by atoms with Crippen LogP contribution in [0.1, 0.15) is 97.6 Å². The molecule has 6 heterocycles. The third kappa shape index (κ3) is 5.07. The number of benzene rings is 2. The van der Waals surface area contributed by atoms with Gasteiger partial charge in [-0.15, -0.1) is 22.7 Å². The number of nitrogens with zero attached hydrogens (tertiary/aromatic N) is 2. The Bertz CT molecular complexity index is 2590. The Morgan fingerprint density at radius 3 is 1.56 bits per heavy atom. The summed E-state index contributed by atoms with van der Waals surface area (Å²) in [6.45, 7) is 3.53. The largest absolute Gasteiger partial charge is 0.477 e. The van der Waals surface area contributed by atoms with Crippen LogP contribution in [-0.2, 0) is 55.7 Å². The molecule has 6 aliphatic carbocycles. The van der Waals surface area contributed by atoms with Crippen molar-refractivity contribution in [2.45, 2.75) is 136 Å². The Balaban J connectivity index is 0.717. The van der Waals surface area contributed by atoms with Gasteiger partial charge >= 0.3 is 11.9 Å². The molecule has 10 aliphatic rings. The predicted molar refractivity (Wildman–Crippen MR) is 235 cm³/mol. The summed E-state index contributed by atoms with van der Waals surface area (Å²) < 4.78 is 26.3. The van der Waals surface area contributed by atoms with Gasteiger partial charge in [0.15, 0.2) is 46.8 Å². The average Bonchev–Trinajstić information content (AvgIpc) is 4.11. The van der Waals surface area contributed by atoms with E-state index in [-0.39, 0.29) is 60.8 Å². The zero-order valence-electron chi connectivity index (χ0n) is 35.5. The van der Waals surface area contributed by atoms with Crippen molar-refractivity contribution in [2.75, 3.05) is 26.2 Å². The van der Waals surface area contributed by atoms with Crippen LogP contribution in [0.5, 0.6) is 23.0 Å². The monoisotopic (exact) mass is 902 g/mol. The van der Waals surface area contributed by atoms with Crippen LogP contribution in [0.3, 0.4) is 0 Å². The summed E-state index contributed by atoms with van der Waals surface area (Å²) in [5.41, 5.74) is 1.34. The first-order valence-corrected chi connectivity index (χ1v) is 25.3. The van der Waals surface area contributed by atoms with Crippen LogP contribution < -0.4 is 18.9 Å². The van der Waals surface area contributed by atoms with Crippen LogP contribution in [0.15, 0.2) is 35.0 Å².